The number of nitrogens with zero attached hydrogens (tertiary/aromatic N) is 2. The van der Waals surface area contributed by atoms with Gasteiger partial charge >= 0.3 is 0 Å². The Morgan fingerprint density at radius 3 is 2.52 bits per heavy atom. The molecule has 5 nitrogen and oxygen atoms in total. The predicted octanol–water partition coefficient (Wildman–Crippen LogP) is 4.06. The number of hydrogen-bond acceptors (Lipinski definition) is 4. The number of carbonyl (C=O) groups excluding carboxylic acids is 3. The first-order chi connectivity index (χ1) is 14.1. The summed E-state index contributed by atoms with van der Waals surface area (Å²) in [5.41, 5.74) is 1.92. The normalized spacial score (nSPS) is 20.7. The summed E-state index contributed by atoms with van der Waals surface area (Å²) < 4.78 is 0. The third-order valence-electron chi connectivity index (χ3n) is 5.51. The largest absolute Gasteiger partial charge is 0.283 e. The molecule has 1 unspecified atom stereocenters. The van der Waals surface area contributed by atoms with Crippen LogP contribution < -0.4 is 9.80 Å². The zero-order valence-electron chi connectivity index (χ0n) is 15.8. The third kappa shape index (κ3) is 2.39. The van der Waals surface area contributed by atoms with E-state index < -0.39 is 4.87 Å². The van der Waals surface area contributed by atoms with Crippen molar-refractivity contribution >= 4 is 51.6 Å². The number of hydrogen-bond donors (Lipinski definition) is 0. The zero-order chi connectivity index (χ0) is 20.2. The molecular formula is C23H18N2O3S. The van der Waals surface area contributed by atoms with Gasteiger partial charge in [0.1, 0.15) is 0 Å². The van der Waals surface area contributed by atoms with Gasteiger partial charge in [-0.3, -0.25) is 19.3 Å². The molecule has 144 valence electrons. The molecule has 0 aromatic heterocycles. The van der Waals surface area contributed by atoms with Crippen molar-refractivity contribution in [2.45, 2.75) is 18.2 Å². The average molecular weight is 402 g/mol. The van der Waals surface area contributed by atoms with E-state index >= 15 is 0 Å². The van der Waals surface area contributed by atoms with E-state index in [0.717, 1.165) is 10.8 Å². The molecule has 0 bridgehead atoms. The van der Waals surface area contributed by atoms with Crippen LogP contribution in [0.2, 0.25) is 0 Å². The molecule has 2 aliphatic rings. The summed E-state index contributed by atoms with van der Waals surface area (Å²) in [6.07, 6.45) is 0.213. The topological polar surface area (TPSA) is 57.7 Å². The van der Waals surface area contributed by atoms with Crippen LogP contribution in [0.4, 0.5) is 11.4 Å². The standard InChI is InChI=1S/C23H18N2O3S/c1-2-20(26)24-19-10-6-5-9-18(19)23(22(24)28)25(21(27)14-29-23)17-12-11-15-7-3-4-8-16(15)13-17/h3-13H,2,14H2,1H3. The van der Waals surface area contributed by atoms with Crippen molar-refractivity contribution in [3.05, 3.63) is 72.3 Å². The molecule has 1 atom stereocenters. The monoisotopic (exact) mass is 402 g/mol. The van der Waals surface area contributed by atoms with Gasteiger partial charge in [0.2, 0.25) is 16.7 Å². The molecule has 1 fully saturated rings. The molecule has 3 aromatic carbocycles. The Hall–Kier alpha value is -3.12. The van der Waals surface area contributed by atoms with Crippen molar-refractivity contribution in [2.75, 3.05) is 15.6 Å². The lowest BCUT2D eigenvalue weighted by molar-refractivity contribution is -0.128. The smallest absolute Gasteiger partial charge is 0.275 e. The Morgan fingerprint density at radius 1 is 1.00 bits per heavy atom. The number of thioether (sulfide) groups is 1. The average Bonchev–Trinajstić information content (AvgIpc) is 3.23. The van der Waals surface area contributed by atoms with Crippen LogP contribution >= 0.6 is 11.8 Å². The molecular weight excluding hydrogens is 384 g/mol. The second kappa shape index (κ2) is 6.46. The van der Waals surface area contributed by atoms with Crippen molar-refractivity contribution in [1.82, 2.24) is 0 Å². The van der Waals surface area contributed by atoms with Gasteiger partial charge in [-0.05, 0) is 29.0 Å². The van der Waals surface area contributed by atoms with Gasteiger partial charge in [-0.1, -0.05) is 55.5 Å². The first kappa shape index (κ1) is 17.9. The maximum atomic E-state index is 13.7. The van der Waals surface area contributed by atoms with Crippen LogP contribution in [0, 0.1) is 0 Å². The van der Waals surface area contributed by atoms with Crippen molar-refractivity contribution in [3.63, 3.8) is 0 Å². The fourth-order valence-electron chi connectivity index (χ4n) is 4.21. The first-order valence-corrected chi connectivity index (χ1v) is 10.5. The molecule has 1 saturated heterocycles. The Morgan fingerprint density at radius 2 is 1.72 bits per heavy atom. The van der Waals surface area contributed by atoms with Gasteiger partial charge in [0.25, 0.3) is 5.91 Å². The van der Waals surface area contributed by atoms with E-state index in [-0.39, 0.29) is 29.9 Å². The number of para-hydroxylation sites is 1. The van der Waals surface area contributed by atoms with Crippen LogP contribution in [0.5, 0.6) is 0 Å². The number of imide groups is 1. The van der Waals surface area contributed by atoms with Gasteiger partial charge in [-0.15, -0.1) is 11.8 Å². The van der Waals surface area contributed by atoms with Crippen LogP contribution in [0.25, 0.3) is 10.8 Å². The Bertz CT molecular complexity index is 1190. The van der Waals surface area contributed by atoms with Crippen LogP contribution in [0.1, 0.15) is 18.9 Å². The van der Waals surface area contributed by atoms with Gasteiger partial charge in [-0.25, -0.2) is 4.90 Å². The fourth-order valence-corrected chi connectivity index (χ4v) is 5.55. The lowest BCUT2D eigenvalue weighted by Crippen LogP contribution is -2.50. The number of anilines is 2. The van der Waals surface area contributed by atoms with Crippen molar-refractivity contribution in [3.8, 4) is 0 Å². The summed E-state index contributed by atoms with van der Waals surface area (Å²) in [4.78, 5) is 40.9. The number of benzene rings is 3. The number of amides is 3. The van der Waals surface area contributed by atoms with Crippen LogP contribution in [0.3, 0.4) is 0 Å². The lowest BCUT2D eigenvalue weighted by atomic mass is 10.0. The minimum Gasteiger partial charge on any atom is -0.283 e. The molecule has 0 saturated carbocycles. The maximum absolute atomic E-state index is 13.7. The molecule has 5 rings (SSSR count). The second-order valence-corrected chi connectivity index (χ2v) is 8.27. The third-order valence-corrected chi connectivity index (χ3v) is 6.90. The summed E-state index contributed by atoms with van der Waals surface area (Å²) >= 11 is 1.28. The Balaban J connectivity index is 1.73. The molecule has 0 radical (unpaired) electrons. The van der Waals surface area contributed by atoms with E-state index in [4.69, 9.17) is 0 Å². The molecule has 3 aromatic rings. The molecule has 2 heterocycles. The maximum Gasteiger partial charge on any atom is 0.275 e. The van der Waals surface area contributed by atoms with E-state index in [1.807, 2.05) is 60.7 Å². The molecule has 0 N–H and O–H groups in total. The van der Waals surface area contributed by atoms with E-state index in [1.54, 1.807) is 17.9 Å². The second-order valence-electron chi connectivity index (χ2n) is 7.10. The minimum atomic E-state index is -1.25. The van der Waals surface area contributed by atoms with Gasteiger partial charge < -0.3 is 0 Å². The van der Waals surface area contributed by atoms with Gasteiger partial charge in [0.15, 0.2) is 0 Å². The zero-order valence-corrected chi connectivity index (χ0v) is 16.6. The number of fused-ring (bicyclic) bond motifs is 3. The van der Waals surface area contributed by atoms with E-state index in [1.165, 1.54) is 16.7 Å². The Kier molecular flexibility index (Phi) is 3.99. The highest BCUT2D eigenvalue weighted by Gasteiger charge is 2.62. The molecule has 1 spiro atoms. The summed E-state index contributed by atoms with van der Waals surface area (Å²) in [5, 5.41) is 2.05. The van der Waals surface area contributed by atoms with Gasteiger partial charge in [0.05, 0.1) is 11.4 Å². The molecule has 6 heteroatoms. The molecule has 29 heavy (non-hydrogen) atoms. The highest BCUT2D eigenvalue weighted by Crippen LogP contribution is 2.55. The highest BCUT2D eigenvalue weighted by atomic mass is 32.2. The lowest BCUT2D eigenvalue weighted by Gasteiger charge is -2.33. The first-order valence-electron chi connectivity index (χ1n) is 9.50. The minimum absolute atomic E-state index is 0.140. The van der Waals surface area contributed by atoms with E-state index in [9.17, 15) is 14.4 Å². The highest BCUT2D eigenvalue weighted by molar-refractivity contribution is 8.02. The summed E-state index contributed by atoms with van der Waals surface area (Å²) in [6.45, 7) is 1.73. The summed E-state index contributed by atoms with van der Waals surface area (Å²) in [6, 6.07) is 20.9. The van der Waals surface area contributed by atoms with Crippen molar-refractivity contribution < 1.29 is 14.4 Å². The van der Waals surface area contributed by atoms with Gasteiger partial charge in [0, 0.05) is 17.7 Å². The van der Waals surface area contributed by atoms with Crippen LogP contribution in [-0.2, 0) is 19.3 Å². The van der Waals surface area contributed by atoms with Crippen LogP contribution in [-0.4, -0.2) is 23.5 Å². The van der Waals surface area contributed by atoms with Crippen molar-refractivity contribution in [2.24, 2.45) is 0 Å². The molecule has 3 amide bonds. The summed E-state index contributed by atoms with van der Waals surface area (Å²) in [7, 11) is 0. The number of rotatable bonds is 2. The van der Waals surface area contributed by atoms with E-state index in [2.05, 4.69) is 0 Å². The number of carbonyl (C=O) groups is 3. The van der Waals surface area contributed by atoms with Crippen LogP contribution in [0.15, 0.2) is 66.7 Å². The Labute approximate surface area is 172 Å². The van der Waals surface area contributed by atoms with Crippen molar-refractivity contribution in [1.29, 1.82) is 0 Å². The fraction of sp³-hybridized carbons (Fsp3) is 0.174. The predicted molar refractivity (Wildman–Crippen MR) is 115 cm³/mol. The SMILES string of the molecule is CCC(=O)N1C(=O)C2(SCC(=O)N2c2ccc3ccccc3c2)c2ccccc21. The summed E-state index contributed by atoms with van der Waals surface area (Å²) in [5.74, 6) is -0.590. The molecule has 0 aliphatic carbocycles. The van der Waals surface area contributed by atoms with Gasteiger partial charge in [-0.2, -0.15) is 0 Å². The van der Waals surface area contributed by atoms with E-state index in [0.29, 0.717) is 16.9 Å². The molecule has 2 aliphatic heterocycles. The quantitative estimate of drug-likeness (QED) is 0.649.